The van der Waals surface area contributed by atoms with Gasteiger partial charge in [0, 0.05) is 10.5 Å². The number of carbonyl (C=O) groups is 1. The maximum Gasteiger partial charge on any atom is 0.406 e. The summed E-state index contributed by atoms with van der Waals surface area (Å²) in [5, 5.41) is -0.675. The number of carbonyl (C=O) groups excluding carboxylic acids is 1. The Hall–Kier alpha value is -0.390. The van der Waals surface area contributed by atoms with Crippen LogP contribution in [0.1, 0.15) is 19.3 Å². The molecule has 0 amide bonds. The predicted octanol–water partition coefficient (Wildman–Crippen LogP) is 2.38. The summed E-state index contributed by atoms with van der Waals surface area (Å²) in [5.74, 6) is -1.12. The molecule has 3 atom stereocenters. The molecule has 2 nitrogen and oxygen atoms in total. The number of hydrogen-bond acceptors (Lipinski definition) is 3. The maximum absolute atomic E-state index is 13.0. The summed E-state index contributed by atoms with van der Waals surface area (Å²) in [5.41, 5.74) is -2.24. The maximum atomic E-state index is 13.0. The van der Waals surface area contributed by atoms with E-state index in [1.807, 2.05) is 0 Å². The van der Waals surface area contributed by atoms with Gasteiger partial charge in [-0.2, -0.15) is 24.9 Å². The molecule has 2 heterocycles. The topological polar surface area (TPSA) is 26.3 Å². The Balaban J connectivity index is 2.37. The Bertz CT molecular complexity index is 292. The highest BCUT2D eigenvalue weighted by atomic mass is 32.2. The van der Waals surface area contributed by atoms with Gasteiger partial charge in [-0.15, -0.1) is 0 Å². The number of alkyl halides is 3. The quantitative estimate of drug-likeness (QED) is 0.658. The van der Waals surface area contributed by atoms with E-state index in [0.717, 1.165) is 13.5 Å². The van der Waals surface area contributed by atoms with Crippen LogP contribution in [0.4, 0.5) is 13.2 Å². The molecule has 86 valence electrons. The molecule has 2 rings (SSSR count). The highest BCUT2D eigenvalue weighted by Gasteiger charge is 2.71. The number of methoxy groups -OCH3 is 1. The molecule has 3 unspecified atom stereocenters. The molecule has 2 aliphatic rings. The van der Waals surface area contributed by atoms with E-state index in [0.29, 0.717) is 6.42 Å². The Labute approximate surface area is 89.5 Å². The van der Waals surface area contributed by atoms with Crippen LogP contribution in [0.3, 0.4) is 0 Å². The average Bonchev–Trinajstić information content (AvgIpc) is 2.74. The van der Waals surface area contributed by atoms with E-state index in [9.17, 15) is 18.0 Å². The van der Waals surface area contributed by atoms with Crippen molar-refractivity contribution in [3.63, 3.8) is 0 Å². The first kappa shape index (κ1) is 11.1. The van der Waals surface area contributed by atoms with Gasteiger partial charge in [-0.25, -0.2) is 0 Å². The molecule has 0 N–H and O–H groups in total. The molecule has 2 aliphatic heterocycles. The summed E-state index contributed by atoms with van der Waals surface area (Å²) in [6, 6.07) is 0. The van der Waals surface area contributed by atoms with Crippen molar-refractivity contribution in [3.05, 3.63) is 0 Å². The van der Waals surface area contributed by atoms with Crippen LogP contribution in [0.2, 0.25) is 0 Å². The van der Waals surface area contributed by atoms with E-state index in [2.05, 4.69) is 4.74 Å². The minimum atomic E-state index is -4.49. The van der Waals surface area contributed by atoms with Gasteiger partial charge in [-0.1, -0.05) is 0 Å². The number of rotatable bonds is 1. The normalized spacial score (nSPS) is 39.5. The summed E-state index contributed by atoms with van der Waals surface area (Å²) >= 11 is 1.29. The summed E-state index contributed by atoms with van der Waals surface area (Å²) in [4.78, 5) is 11.4. The molecule has 2 saturated heterocycles. The molecule has 2 bridgehead atoms. The lowest BCUT2D eigenvalue weighted by molar-refractivity contribution is -0.235. The molecule has 0 radical (unpaired) electrons. The van der Waals surface area contributed by atoms with Crippen LogP contribution < -0.4 is 0 Å². The number of thioether (sulfide) groups is 1. The van der Waals surface area contributed by atoms with Crippen LogP contribution in [0.25, 0.3) is 0 Å². The summed E-state index contributed by atoms with van der Waals surface area (Å²) in [6.45, 7) is 0. The molecule has 0 aromatic rings. The van der Waals surface area contributed by atoms with E-state index in [1.165, 1.54) is 11.8 Å². The smallest absolute Gasteiger partial charge is 0.406 e. The molecule has 0 aromatic carbocycles. The first-order valence-electron chi connectivity index (χ1n) is 4.72. The molecule has 15 heavy (non-hydrogen) atoms. The highest BCUT2D eigenvalue weighted by molar-refractivity contribution is 8.01. The number of fused-ring (bicyclic) bond motifs is 2. The van der Waals surface area contributed by atoms with Gasteiger partial charge in [0.2, 0.25) is 0 Å². The minimum absolute atomic E-state index is 0.0317. The van der Waals surface area contributed by atoms with Crippen LogP contribution >= 0.6 is 11.8 Å². The van der Waals surface area contributed by atoms with Gasteiger partial charge in [0.05, 0.1) is 7.11 Å². The van der Waals surface area contributed by atoms with Crippen molar-refractivity contribution in [1.82, 2.24) is 0 Å². The van der Waals surface area contributed by atoms with Gasteiger partial charge in [-0.3, -0.25) is 4.79 Å². The number of hydrogen-bond donors (Lipinski definition) is 0. The fraction of sp³-hybridized carbons (Fsp3) is 0.889. The van der Waals surface area contributed by atoms with Crippen molar-refractivity contribution in [1.29, 1.82) is 0 Å². The second-order valence-electron chi connectivity index (χ2n) is 3.99. The van der Waals surface area contributed by atoms with Crippen LogP contribution in [-0.4, -0.2) is 29.8 Å². The number of ether oxygens (including phenoxy) is 1. The zero-order chi connectivity index (χ0) is 11.3. The first-order chi connectivity index (χ1) is 6.91. The average molecular weight is 240 g/mol. The first-order valence-corrected chi connectivity index (χ1v) is 5.66. The third-order valence-electron chi connectivity index (χ3n) is 3.26. The van der Waals surface area contributed by atoms with Gasteiger partial charge in [0.25, 0.3) is 0 Å². The van der Waals surface area contributed by atoms with E-state index in [-0.39, 0.29) is 11.7 Å². The van der Waals surface area contributed by atoms with E-state index >= 15 is 0 Å². The summed E-state index contributed by atoms with van der Waals surface area (Å²) < 4.78 is 43.3. The molecular weight excluding hydrogens is 229 g/mol. The Kier molecular flexibility index (Phi) is 2.44. The lowest BCUT2D eigenvalue weighted by Crippen LogP contribution is -2.51. The second-order valence-corrected chi connectivity index (χ2v) is 5.50. The Morgan fingerprint density at radius 3 is 2.47 bits per heavy atom. The number of halogens is 3. The molecule has 0 saturated carbocycles. The van der Waals surface area contributed by atoms with Crippen molar-refractivity contribution >= 4 is 17.7 Å². The third-order valence-corrected chi connectivity index (χ3v) is 5.02. The fourth-order valence-corrected chi connectivity index (χ4v) is 4.45. The Morgan fingerprint density at radius 2 is 2.13 bits per heavy atom. The molecule has 0 spiro atoms. The lowest BCUT2D eigenvalue weighted by atomic mass is 9.73. The molecule has 6 heteroatoms. The third kappa shape index (κ3) is 1.37. The molecular formula is C9H11F3O2S. The van der Waals surface area contributed by atoms with Crippen molar-refractivity contribution in [2.24, 2.45) is 5.41 Å². The summed E-state index contributed by atoms with van der Waals surface area (Å²) in [7, 11) is 1.02. The van der Waals surface area contributed by atoms with E-state index in [4.69, 9.17) is 0 Å². The van der Waals surface area contributed by atoms with E-state index < -0.39 is 22.8 Å². The van der Waals surface area contributed by atoms with E-state index in [1.54, 1.807) is 0 Å². The van der Waals surface area contributed by atoms with Gasteiger partial charge >= 0.3 is 12.1 Å². The van der Waals surface area contributed by atoms with Gasteiger partial charge in [-0.05, 0) is 19.3 Å². The lowest BCUT2D eigenvalue weighted by Gasteiger charge is -2.35. The monoisotopic (exact) mass is 240 g/mol. The Morgan fingerprint density at radius 1 is 1.47 bits per heavy atom. The van der Waals surface area contributed by atoms with Crippen molar-refractivity contribution in [2.45, 2.75) is 35.9 Å². The SMILES string of the molecule is COC(=O)C1(C(F)(F)F)CC2CCC1S2. The predicted molar refractivity (Wildman–Crippen MR) is 49.5 cm³/mol. The fourth-order valence-electron chi connectivity index (χ4n) is 2.52. The zero-order valence-electron chi connectivity index (χ0n) is 8.13. The second kappa shape index (κ2) is 3.30. The van der Waals surface area contributed by atoms with Crippen molar-refractivity contribution in [3.8, 4) is 0 Å². The molecule has 2 fully saturated rings. The van der Waals surface area contributed by atoms with Crippen LogP contribution in [0.5, 0.6) is 0 Å². The largest absolute Gasteiger partial charge is 0.468 e. The number of esters is 1. The minimum Gasteiger partial charge on any atom is -0.468 e. The van der Waals surface area contributed by atoms with Gasteiger partial charge in [0.15, 0.2) is 5.41 Å². The van der Waals surface area contributed by atoms with Crippen molar-refractivity contribution in [2.75, 3.05) is 7.11 Å². The standard InChI is InChI=1S/C9H11F3O2S/c1-14-7(13)8(9(10,11)12)4-5-2-3-6(8)15-5/h5-6H,2-4H2,1H3. The summed E-state index contributed by atoms with van der Waals surface area (Å²) in [6.07, 6.45) is -3.36. The van der Waals surface area contributed by atoms with Gasteiger partial charge < -0.3 is 4.74 Å². The highest BCUT2D eigenvalue weighted by Crippen LogP contribution is 2.62. The van der Waals surface area contributed by atoms with Crippen LogP contribution in [-0.2, 0) is 9.53 Å². The molecule has 0 aliphatic carbocycles. The van der Waals surface area contributed by atoms with Crippen molar-refractivity contribution < 1.29 is 22.7 Å². The van der Waals surface area contributed by atoms with Crippen LogP contribution in [0, 0.1) is 5.41 Å². The van der Waals surface area contributed by atoms with Gasteiger partial charge in [0.1, 0.15) is 0 Å². The zero-order valence-corrected chi connectivity index (χ0v) is 8.95. The molecule has 0 aromatic heterocycles. The van der Waals surface area contributed by atoms with Crippen LogP contribution in [0.15, 0.2) is 0 Å².